The van der Waals surface area contributed by atoms with Crippen LogP contribution < -0.4 is 0 Å². The lowest BCUT2D eigenvalue weighted by Gasteiger charge is -1.92. The van der Waals surface area contributed by atoms with Crippen LogP contribution in [0, 0.1) is 0 Å². The van der Waals surface area contributed by atoms with Gasteiger partial charge in [0.15, 0.2) is 5.65 Å². The topological polar surface area (TPSA) is 60.4 Å². The highest BCUT2D eigenvalue weighted by atomic mass is 15.4. The van der Waals surface area contributed by atoms with Gasteiger partial charge < -0.3 is 0 Å². The van der Waals surface area contributed by atoms with Crippen molar-refractivity contribution in [1.82, 2.24) is 29.2 Å². The zero-order valence-corrected chi connectivity index (χ0v) is 5.99. The summed E-state index contributed by atoms with van der Waals surface area (Å²) in [5.41, 5.74) is 0.774. The second kappa shape index (κ2) is 1.79. The lowest BCUT2D eigenvalue weighted by molar-refractivity contribution is 0.880. The Morgan fingerprint density at radius 3 is 3.00 bits per heavy atom. The predicted molar refractivity (Wildman–Crippen MR) is 39.5 cm³/mol. The van der Waals surface area contributed by atoms with E-state index in [1.54, 1.807) is 15.2 Å². The maximum Gasteiger partial charge on any atom is 0.255 e. The van der Waals surface area contributed by atoms with Crippen molar-refractivity contribution in [3.8, 4) is 0 Å². The van der Waals surface area contributed by atoms with Gasteiger partial charge in [0, 0.05) is 12.3 Å². The molecule has 0 aliphatic rings. The first-order valence-corrected chi connectivity index (χ1v) is 3.43. The van der Waals surface area contributed by atoms with Crippen molar-refractivity contribution in [1.29, 1.82) is 0 Å². The van der Waals surface area contributed by atoms with E-state index in [1.165, 1.54) is 12.7 Å². The fourth-order valence-corrected chi connectivity index (χ4v) is 1.16. The third-order valence-electron chi connectivity index (χ3n) is 1.68. The molecule has 0 radical (unpaired) electrons. The van der Waals surface area contributed by atoms with Gasteiger partial charge in [-0.05, 0) is 0 Å². The number of aromatic nitrogens is 6. The summed E-state index contributed by atoms with van der Waals surface area (Å²) in [6.07, 6.45) is 4.77. The van der Waals surface area contributed by atoms with Crippen LogP contribution in [0.4, 0.5) is 0 Å². The smallest absolute Gasteiger partial charge is 0.215 e. The highest BCUT2D eigenvalue weighted by Crippen LogP contribution is 2.00. The molecular formula is C6H4N6. The predicted octanol–water partition coefficient (Wildman–Crippen LogP) is -0.228. The van der Waals surface area contributed by atoms with Crippen molar-refractivity contribution in [2.24, 2.45) is 0 Å². The molecule has 0 saturated carbocycles. The second-order valence-corrected chi connectivity index (χ2v) is 2.35. The Morgan fingerprint density at radius 2 is 2.00 bits per heavy atom. The third kappa shape index (κ3) is 0.541. The number of hydrogen-bond acceptors (Lipinski definition) is 4. The minimum atomic E-state index is 0.671. The van der Waals surface area contributed by atoms with E-state index >= 15 is 0 Å². The van der Waals surface area contributed by atoms with Crippen LogP contribution in [0.5, 0.6) is 0 Å². The van der Waals surface area contributed by atoms with Gasteiger partial charge in [-0.1, -0.05) is 0 Å². The van der Waals surface area contributed by atoms with Crippen LogP contribution in [0.25, 0.3) is 11.4 Å². The summed E-state index contributed by atoms with van der Waals surface area (Å²) in [4.78, 5) is 8.05. The van der Waals surface area contributed by atoms with Gasteiger partial charge in [-0.15, -0.1) is 0 Å². The summed E-state index contributed by atoms with van der Waals surface area (Å²) in [5, 5.41) is 7.97. The molecule has 0 saturated heterocycles. The molecule has 0 N–H and O–H groups in total. The van der Waals surface area contributed by atoms with Crippen molar-refractivity contribution < 1.29 is 0 Å². The van der Waals surface area contributed by atoms with Crippen LogP contribution in [0.3, 0.4) is 0 Å². The van der Waals surface area contributed by atoms with Gasteiger partial charge in [0.2, 0.25) is 0 Å². The second-order valence-electron chi connectivity index (χ2n) is 2.35. The summed E-state index contributed by atoms with van der Waals surface area (Å²) in [6.45, 7) is 0. The van der Waals surface area contributed by atoms with Crippen LogP contribution in [0.1, 0.15) is 0 Å². The number of hydrogen-bond donors (Lipinski definition) is 0. The van der Waals surface area contributed by atoms with Crippen LogP contribution in [0.2, 0.25) is 0 Å². The molecule has 3 aromatic heterocycles. The van der Waals surface area contributed by atoms with Crippen LogP contribution in [0.15, 0.2) is 24.9 Å². The maximum absolute atomic E-state index is 4.03. The number of fused-ring (bicyclic) bond motifs is 3. The molecule has 6 heteroatoms. The molecule has 3 aromatic rings. The van der Waals surface area contributed by atoms with Gasteiger partial charge in [0.1, 0.15) is 12.7 Å². The molecular weight excluding hydrogens is 156 g/mol. The molecule has 0 atom stereocenters. The van der Waals surface area contributed by atoms with Gasteiger partial charge in [0.25, 0.3) is 5.78 Å². The SMILES string of the molecule is c1nc2n(ccc3ncnn32)n1. The van der Waals surface area contributed by atoms with Gasteiger partial charge in [0.05, 0.1) is 0 Å². The molecule has 12 heavy (non-hydrogen) atoms. The minimum Gasteiger partial charge on any atom is -0.215 e. The van der Waals surface area contributed by atoms with E-state index in [2.05, 4.69) is 20.2 Å². The van der Waals surface area contributed by atoms with E-state index in [0.29, 0.717) is 5.78 Å². The monoisotopic (exact) mass is 160 g/mol. The molecule has 0 amide bonds. The number of rotatable bonds is 0. The molecule has 6 nitrogen and oxygen atoms in total. The average Bonchev–Trinajstić information content (AvgIpc) is 2.71. The van der Waals surface area contributed by atoms with Crippen LogP contribution in [-0.2, 0) is 0 Å². The molecule has 0 aliphatic heterocycles. The maximum atomic E-state index is 4.03. The molecule has 0 aromatic carbocycles. The molecule has 0 bridgehead atoms. The third-order valence-corrected chi connectivity index (χ3v) is 1.68. The molecule has 0 unspecified atom stereocenters. The zero-order valence-electron chi connectivity index (χ0n) is 5.99. The highest BCUT2D eigenvalue weighted by molar-refractivity contribution is 5.43. The van der Waals surface area contributed by atoms with Gasteiger partial charge in [-0.2, -0.15) is 19.7 Å². The summed E-state index contributed by atoms with van der Waals surface area (Å²) in [6, 6.07) is 1.83. The summed E-state index contributed by atoms with van der Waals surface area (Å²) < 4.78 is 3.27. The van der Waals surface area contributed by atoms with Crippen molar-refractivity contribution in [2.45, 2.75) is 0 Å². The molecule has 0 aliphatic carbocycles. The zero-order chi connectivity index (χ0) is 7.97. The highest BCUT2D eigenvalue weighted by Gasteiger charge is 2.01. The van der Waals surface area contributed by atoms with Gasteiger partial charge >= 0.3 is 0 Å². The van der Waals surface area contributed by atoms with Crippen molar-refractivity contribution in [2.75, 3.05) is 0 Å². The molecule has 58 valence electrons. The first kappa shape index (κ1) is 5.64. The normalized spacial score (nSPS) is 11.3. The van der Waals surface area contributed by atoms with Crippen LogP contribution >= 0.6 is 0 Å². The minimum absolute atomic E-state index is 0.671. The standard InChI is InChI=1S/C6H4N6/c1-2-11-6(8-4-9-11)12-5(1)7-3-10-12/h1-4H. The Balaban J connectivity index is 2.71. The van der Waals surface area contributed by atoms with Gasteiger partial charge in [-0.25, -0.2) is 9.50 Å². The lowest BCUT2D eigenvalue weighted by atomic mass is 10.6. The molecule has 0 spiro atoms. The fraction of sp³-hybridized carbons (Fsp3) is 0. The van der Waals surface area contributed by atoms with Crippen molar-refractivity contribution >= 4 is 11.4 Å². The molecule has 3 rings (SSSR count). The van der Waals surface area contributed by atoms with Crippen molar-refractivity contribution in [3.63, 3.8) is 0 Å². The summed E-state index contributed by atoms with van der Waals surface area (Å²) in [7, 11) is 0. The largest absolute Gasteiger partial charge is 0.255 e. The Labute approximate surface area is 66.5 Å². The Hall–Kier alpha value is -1.98. The van der Waals surface area contributed by atoms with Crippen LogP contribution in [-0.4, -0.2) is 29.2 Å². The summed E-state index contributed by atoms with van der Waals surface area (Å²) >= 11 is 0. The van der Waals surface area contributed by atoms with E-state index in [9.17, 15) is 0 Å². The van der Waals surface area contributed by atoms with E-state index in [4.69, 9.17) is 0 Å². The lowest BCUT2D eigenvalue weighted by Crippen LogP contribution is -1.96. The molecule has 0 fully saturated rings. The first-order chi connectivity index (χ1) is 5.95. The first-order valence-electron chi connectivity index (χ1n) is 3.43. The van der Waals surface area contributed by atoms with E-state index < -0.39 is 0 Å². The van der Waals surface area contributed by atoms with Gasteiger partial charge in [-0.3, -0.25) is 0 Å². The molecule has 3 heterocycles. The number of nitrogens with zero attached hydrogens (tertiary/aromatic N) is 6. The fourth-order valence-electron chi connectivity index (χ4n) is 1.16. The Bertz CT molecular complexity index is 485. The van der Waals surface area contributed by atoms with E-state index in [1.807, 2.05) is 6.07 Å². The van der Waals surface area contributed by atoms with Crippen molar-refractivity contribution in [3.05, 3.63) is 24.9 Å². The quantitative estimate of drug-likeness (QED) is 0.456. The van der Waals surface area contributed by atoms with E-state index in [-0.39, 0.29) is 0 Å². The average molecular weight is 160 g/mol. The summed E-state index contributed by atoms with van der Waals surface area (Å²) in [5.74, 6) is 0.671. The Kier molecular flexibility index (Phi) is 0.840. The Morgan fingerprint density at radius 1 is 1.08 bits per heavy atom. The van der Waals surface area contributed by atoms with E-state index in [0.717, 1.165) is 5.65 Å².